The number of imidazole rings is 1. The molecule has 0 bridgehead atoms. The van der Waals surface area contributed by atoms with Crippen LogP contribution in [0.2, 0.25) is 5.15 Å². The Morgan fingerprint density at radius 2 is 1.97 bits per heavy atom. The third-order valence-corrected chi connectivity index (χ3v) is 5.65. The molecule has 0 aromatic carbocycles. The number of nitrogen functional groups attached to an aromatic ring is 1. The Hall–Kier alpha value is -2.45. The largest absolute Gasteiger partial charge is 0.368 e. The van der Waals surface area contributed by atoms with Gasteiger partial charge in [-0.05, 0) is 52.5 Å². The number of nitrogens with two attached hydrogens (primary N) is 1. The highest BCUT2D eigenvalue weighted by molar-refractivity contribution is 6.41. The van der Waals surface area contributed by atoms with Crippen LogP contribution in [0.3, 0.4) is 0 Å². The van der Waals surface area contributed by atoms with Crippen LogP contribution in [-0.2, 0) is 4.79 Å². The highest BCUT2D eigenvalue weighted by atomic mass is 35.5. The molecule has 154 valence electrons. The minimum absolute atomic E-state index is 0.0206. The first kappa shape index (κ1) is 19.8. The molecule has 0 spiro atoms. The first-order valence-corrected chi connectivity index (χ1v) is 10.1. The number of hydrogen-bond acceptors (Lipinski definition) is 6. The molecule has 1 amide bonds. The minimum Gasteiger partial charge on any atom is -0.368 e. The molecule has 1 fully saturated rings. The van der Waals surface area contributed by atoms with Crippen LogP contribution < -0.4 is 16.0 Å². The minimum atomic E-state index is -0.160. The van der Waals surface area contributed by atoms with Crippen molar-refractivity contribution < 1.29 is 4.79 Å². The molecule has 29 heavy (non-hydrogen) atoms. The summed E-state index contributed by atoms with van der Waals surface area (Å²) >= 11 is 6.38. The molecule has 2 aliphatic rings. The SMILES string of the molecule is CC1(C)CC(CN2C(=O)C(=Cc3ncc[nH]3)c3c(Cl)nc(N)nc32)CC(C)(C)N1. The predicted octanol–water partition coefficient (Wildman–Crippen LogP) is 2.88. The fraction of sp³-hybridized carbons (Fsp3) is 0.500. The van der Waals surface area contributed by atoms with Crippen molar-refractivity contribution in [2.75, 3.05) is 17.2 Å². The summed E-state index contributed by atoms with van der Waals surface area (Å²) in [5.74, 6) is 1.23. The number of anilines is 2. The molecule has 4 heterocycles. The van der Waals surface area contributed by atoms with Crippen LogP contribution in [0.15, 0.2) is 12.4 Å². The Kier molecular flexibility index (Phi) is 4.66. The molecule has 9 heteroatoms. The second kappa shape index (κ2) is 6.81. The first-order chi connectivity index (χ1) is 13.5. The van der Waals surface area contributed by atoms with E-state index in [9.17, 15) is 4.79 Å². The molecule has 2 aliphatic heterocycles. The van der Waals surface area contributed by atoms with Crippen molar-refractivity contribution >= 4 is 40.9 Å². The van der Waals surface area contributed by atoms with Gasteiger partial charge in [-0.1, -0.05) is 11.6 Å². The standard InChI is InChI=1S/C20H26ClN7O/c1-19(2)8-11(9-20(3,4)27-19)10-28-16-14(15(21)25-18(22)26-16)12(17(28)29)7-13-23-5-6-24-13/h5-7,11,27H,8-10H2,1-4H3,(H,23,24)(H2,22,25,26). The molecule has 0 unspecified atom stereocenters. The monoisotopic (exact) mass is 415 g/mol. The van der Waals surface area contributed by atoms with Gasteiger partial charge < -0.3 is 16.0 Å². The topological polar surface area (TPSA) is 113 Å². The van der Waals surface area contributed by atoms with Gasteiger partial charge in [-0.2, -0.15) is 4.98 Å². The Labute approximate surface area is 175 Å². The summed E-state index contributed by atoms with van der Waals surface area (Å²) in [6, 6.07) is 0. The molecule has 0 saturated carbocycles. The van der Waals surface area contributed by atoms with E-state index in [1.54, 1.807) is 23.4 Å². The summed E-state index contributed by atoms with van der Waals surface area (Å²) < 4.78 is 0. The lowest BCUT2D eigenvalue weighted by atomic mass is 9.76. The zero-order valence-corrected chi connectivity index (χ0v) is 17.8. The van der Waals surface area contributed by atoms with Gasteiger partial charge in [0.25, 0.3) is 5.91 Å². The molecule has 8 nitrogen and oxygen atoms in total. The van der Waals surface area contributed by atoms with E-state index in [-0.39, 0.29) is 28.1 Å². The van der Waals surface area contributed by atoms with Gasteiger partial charge in [-0.25, -0.2) is 9.97 Å². The van der Waals surface area contributed by atoms with Crippen LogP contribution in [0.1, 0.15) is 51.9 Å². The second-order valence-electron chi connectivity index (χ2n) is 9.19. The number of nitrogens with zero attached hydrogens (tertiary/aromatic N) is 4. The van der Waals surface area contributed by atoms with Gasteiger partial charge in [-0.3, -0.25) is 9.69 Å². The van der Waals surface area contributed by atoms with E-state index in [0.29, 0.717) is 35.2 Å². The number of piperidine rings is 1. The fourth-order valence-electron chi connectivity index (χ4n) is 4.93. The molecule has 2 aromatic rings. The van der Waals surface area contributed by atoms with Crippen molar-refractivity contribution in [1.82, 2.24) is 25.3 Å². The number of hydrogen-bond donors (Lipinski definition) is 3. The molecule has 0 radical (unpaired) electrons. The van der Waals surface area contributed by atoms with E-state index < -0.39 is 0 Å². The van der Waals surface area contributed by atoms with Gasteiger partial charge in [0, 0.05) is 30.0 Å². The number of amides is 1. The lowest BCUT2D eigenvalue weighted by Crippen LogP contribution is -2.59. The van der Waals surface area contributed by atoms with Crippen LogP contribution in [0.5, 0.6) is 0 Å². The van der Waals surface area contributed by atoms with Crippen molar-refractivity contribution in [2.24, 2.45) is 5.92 Å². The van der Waals surface area contributed by atoms with Gasteiger partial charge in [0.1, 0.15) is 11.0 Å². The van der Waals surface area contributed by atoms with E-state index >= 15 is 0 Å². The Morgan fingerprint density at radius 1 is 1.28 bits per heavy atom. The van der Waals surface area contributed by atoms with Gasteiger partial charge in [0.05, 0.1) is 11.1 Å². The summed E-state index contributed by atoms with van der Waals surface area (Å²) in [6.45, 7) is 9.32. The van der Waals surface area contributed by atoms with Crippen LogP contribution in [-0.4, -0.2) is 43.5 Å². The van der Waals surface area contributed by atoms with Crippen molar-refractivity contribution in [1.29, 1.82) is 0 Å². The number of carbonyl (C=O) groups excluding carboxylic acids is 1. The van der Waals surface area contributed by atoms with Crippen LogP contribution in [0.4, 0.5) is 11.8 Å². The summed E-state index contributed by atoms with van der Waals surface area (Å²) in [5, 5.41) is 3.85. The van der Waals surface area contributed by atoms with Gasteiger partial charge in [0.15, 0.2) is 5.82 Å². The summed E-state index contributed by atoms with van der Waals surface area (Å²) in [5.41, 5.74) is 6.74. The molecule has 4 N–H and O–H groups in total. The van der Waals surface area contributed by atoms with E-state index in [2.05, 4.69) is 52.9 Å². The van der Waals surface area contributed by atoms with Crippen LogP contribution in [0, 0.1) is 5.92 Å². The van der Waals surface area contributed by atoms with Gasteiger partial charge in [0.2, 0.25) is 5.95 Å². The Morgan fingerprint density at radius 3 is 2.59 bits per heavy atom. The maximum atomic E-state index is 13.4. The van der Waals surface area contributed by atoms with Gasteiger partial charge >= 0.3 is 0 Å². The summed E-state index contributed by atoms with van der Waals surface area (Å²) in [7, 11) is 0. The van der Waals surface area contributed by atoms with Crippen LogP contribution >= 0.6 is 11.6 Å². The van der Waals surface area contributed by atoms with Crippen LogP contribution in [0.25, 0.3) is 11.6 Å². The quantitative estimate of drug-likeness (QED) is 0.524. The van der Waals surface area contributed by atoms with Gasteiger partial charge in [-0.15, -0.1) is 0 Å². The van der Waals surface area contributed by atoms with Crippen molar-refractivity contribution in [3.05, 3.63) is 28.9 Å². The zero-order chi connectivity index (χ0) is 21.0. The normalized spacial score (nSPS) is 22.3. The number of aromatic amines is 1. The Bertz CT molecular complexity index is 965. The smallest absolute Gasteiger partial charge is 0.260 e. The van der Waals surface area contributed by atoms with E-state index in [0.717, 1.165) is 12.8 Å². The maximum absolute atomic E-state index is 13.4. The molecular formula is C20H26ClN7O. The zero-order valence-electron chi connectivity index (χ0n) is 17.1. The van der Waals surface area contributed by atoms with E-state index in [4.69, 9.17) is 17.3 Å². The fourth-order valence-corrected chi connectivity index (χ4v) is 5.20. The Balaban J connectivity index is 1.73. The summed E-state index contributed by atoms with van der Waals surface area (Å²) in [4.78, 5) is 30.7. The van der Waals surface area contributed by atoms with E-state index in [1.807, 2.05) is 0 Å². The lowest BCUT2D eigenvalue weighted by molar-refractivity contribution is -0.113. The highest BCUT2D eigenvalue weighted by Gasteiger charge is 2.42. The number of H-pyrrole nitrogens is 1. The molecule has 1 saturated heterocycles. The molecule has 2 aromatic heterocycles. The van der Waals surface area contributed by atoms with Crippen molar-refractivity contribution in [2.45, 2.75) is 51.6 Å². The lowest BCUT2D eigenvalue weighted by Gasteiger charge is -2.47. The average Bonchev–Trinajstić information content (AvgIpc) is 3.15. The molecule has 4 rings (SSSR count). The second-order valence-corrected chi connectivity index (χ2v) is 9.54. The number of rotatable bonds is 3. The number of aromatic nitrogens is 4. The number of carbonyl (C=O) groups is 1. The first-order valence-electron chi connectivity index (χ1n) is 9.70. The van der Waals surface area contributed by atoms with Crippen molar-refractivity contribution in [3.63, 3.8) is 0 Å². The highest BCUT2D eigenvalue weighted by Crippen LogP contribution is 2.42. The maximum Gasteiger partial charge on any atom is 0.260 e. The number of fused-ring (bicyclic) bond motifs is 1. The third kappa shape index (κ3) is 3.86. The van der Waals surface area contributed by atoms with Crippen molar-refractivity contribution in [3.8, 4) is 0 Å². The molecule has 0 atom stereocenters. The molecular weight excluding hydrogens is 390 g/mol. The number of nitrogens with one attached hydrogen (secondary N) is 2. The van der Waals surface area contributed by atoms with E-state index in [1.165, 1.54) is 0 Å². The third-order valence-electron chi connectivity index (χ3n) is 5.38. The average molecular weight is 416 g/mol. The molecule has 0 aliphatic carbocycles. The number of halogens is 1. The summed E-state index contributed by atoms with van der Waals surface area (Å²) in [6.07, 6.45) is 6.90. The predicted molar refractivity (Wildman–Crippen MR) is 114 cm³/mol.